The van der Waals surface area contributed by atoms with Crippen LogP contribution < -0.4 is 11.3 Å². The van der Waals surface area contributed by atoms with E-state index in [0.29, 0.717) is 17.8 Å². The van der Waals surface area contributed by atoms with Gasteiger partial charge in [0.2, 0.25) is 0 Å². The van der Waals surface area contributed by atoms with Gasteiger partial charge in [0.15, 0.2) is 0 Å². The van der Waals surface area contributed by atoms with Crippen molar-refractivity contribution in [2.24, 2.45) is 0 Å². The fourth-order valence-electron chi connectivity index (χ4n) is 1.39. The molecule has 0 fully saturated rings. The molecular formula is C10H13N3O. The van der Waals surface area contributed by atoms with Crippen LogP contribution in [-0.2, 0) is 0 Å². The van der Waals surface area contributed by atoms with E-state index in [1.807, 2.05) is 6.92 Å². The zero-order chi connectivity index (χ0) is 10.7. The van der Waals surface area contributed by atoms with Gasteiger partial charge in [0.05, 0.1) is 11.8 Å². The minimum Gasteiger partial charge on any atom is -0.397 e. The van der Waals surface area contributed by atoms with Crippen LogP contribution in [0.15, 0.2) is 16.9 Å². The summed E-state index contributed by atoms with van der Waals surface area (Å²) in [7, 11) is 0. The quantitative estimate of drug-likeness (QED) is 0.763. The van der Waals surface area contributed by atoms with Crippen molar-refractivity contribution in [3.8, 4) is 6.07 Å². The molecule has 0 bridgehead atoms. The molecule has 74 valence electrons. The molecule has 0 spiro atoms. The van der Waals surface area contributed by atoms with E-state index in [9.17, 15) is 4.79 Å². The predicted octanol–water partition coefficient (Wildman–Crippen LogP) is 1.21. The molecule has 1 rings (SSSR count). The van der Waals surface area contributed by atoms with Crippen LogP contribution in [0.25, 0.3) is 0 Å². The molecule has 1 atom stereocenters. The Morgan fingerprint density at radius 1 is 1.64 bits per heavy atom. The molecule has 0 aliphatic rings. The normalized spacial score (nSPS) is 12.1. The maximum atomic E-state index is 11.5. The molecular weight excluding hydrogens is 178 g/mol. The molecule has 1 unspecified atom stereocenters. The van der Waals surface area contributed by atoms with Gasteiger partial charge in [-0.25, -0.2) is 0 Å². The van der Waals surface area contributed by atoms with Gasteiger partial charge in [0.1, 0.15) is 6.04 Å². The molecule has 1 aromatic heterocycles. The van der Waals surface area contributed by atoms with Gasteiger partial charge in [-0.15, -0.1) is 0 Å². The molecule has 0 aliphatic carbocycles. The molecule has 1 heterocycles. The second-order valence-electron chi connectivity index (χ2n) is 3.14. The number of nitrogens with zero attached hydrogens (tertiary/aromatic N) is 2. The third-order valence-electron chi connectivity index (χ3n) is 2.27. The Balaban J connectivity index is 3.40. The number of hydrogen-bond acceptors (Lipinski definition) is 3. The Hall–Kier alpha value is -1.76. The number of anilines is 1. The highest BCUT2D eigenvalue weighted by Crippen LogP contribution is 2.14. The number of nitriles is 1. The molecule has 0 amide bonds. The molecule has 0 radical (unpaired) electrons. The van der Waals surface area contributed by atoms with Crippen LogP contribution in [0.3, 0.4) is 0 Å². The molecule has 0 aromatic carbocycles. The summed E-state index contributed by atoms with van der Waals surface area (Å²) in [5.74, 6) is 0. The van der Waals surface area contributed by atoms with E-state index in [1.54, 1.807) is 13.0 Å². The molecule has 14 heavy (non-hydrogen) atoms. The molecule has 0 saturated carbocycles. The fourth-order valence-corrected chi connectivity index (χ4v) is 1.39. The van der Waals surface area contributed by atoms with Crippen LogP contribution in [0.2, 0.25) is 0 Å². The summed E-state index contributed by atoms with van der Waals surface area (Å²) in [5.41, 5.74) is 6.69. The van der Waals surface area contributed by atoms with Crippen LogP contribution in [0.5, 0.6) is 0 Å². The van der Waals surface area contributed by atoms with E-state index in [0.717, 1.165) is 0 Å². The number of hydrogen-bond donors (Lipinski definition) is 1. The first-order chi connectivity index (χ1) is 6.61. The summed E-state index contributed by atoms with van der Waals surface area (Å²) in [6.45, 7) is 3.61. The maximum absolute atomic E-state index is 11.5. The second-order valence-corrected chi connectivity index (χ2v) is 3.14. The van der Waals surface area contributed by atoms with Crippen LogP contribution >= 0.6 is 0 Å². The van der Waals surface area contributed by atoms with Crippen LogP contribution in [-0.4, -0.2) is 4.57 Å². The van der Waals surface area contributed by atoms with E-state index in [-0.39, 0.29) is 5.56 Å². The van der Waals surface area contributed by atoms with Gasteiger partial charge >= 0.3 is 0 Å². The molecule has 0 aliphatic heterocycles. The highest BCUT2D eigenvalue weighted by atomic mass is 16.1. The zero-order valence-electron chi connectivity index (χ0n) is 8.32. The van der Waals surface area contributed by atoms with Crippen molar-refractivity contribution in [3.05, 3.63) is 28.2 Å². The van der Waals surface area contributed by atoms with Crippen LogP contribution in [0.1, 0.15) is 25.1 Å². The predicted molar refractivity (Wildman–Crippen MR) is 54.8 cm³/mol. The van der Waals surface area contributed by atoms with Gasteiger partial charge in [-0.1, -0.05) is 6.92 Å². The van der Waals surface area contributed by atoms with E-state index >= 15 is 0 Å². The van der Waals surface area contributed by atoms with Crippen molar-refractivity contribution >= 4 is 5.69 Å². The standard InChI is InChI=1S/C10H13N3O/c1-3-8(6-11)13-7(2)9(12)4-5-10(13)14/h4-5,8H,3,12H2,1-2H3. The lowest BCUT2D eigenvalue weighted by Crippen LogP contribution is -2.25. The topological polar surface area (TPSA) is 71.8 Å². The molecule has 4 nitrogen and oxygen atoms in total. The van der Waals surface area contributed by atoms with E-state index in [2.05, 4.69) is 6.07 Å². The Kier molecular flexibility index (Phi) is 2.92. The van der Waals surface area contributed by atoms with Crippen molar-refractivity contribution < 1.29 is 0 Å². The summed E-state index contributed by atoms with van der Waals surface area (Å²) < 4.78 is 1.44. The highest BCUT2D eigenvalue weighted by Gasteiger charge is 2.12. The summed E-state index contributed by atoms with van der Waals surface area (Å²) in [4.78, 5) is 11.5. The first-order valence-electron chi connectivity index (χ1n) is 4.49. The van der Waals surface area contributed by atoms with Crippen LogP contribution in [0, 0.1) is 18.3 Å². The number of aromatic nitrogens is 1. The van der Waals surface area contributed by atoms with Crippen LogP contribution in [0.4, 0.5) is 5.69 Å². The average Bonchev–Trinajstić information content (AvgIpc) is 2.19. The number of nitrogens with two attached hydrogens (primary N) is 1. The minimum absolute atomic E-state index is 0.176. The summed E-state index contributed by atoms with van der Waals surface area (Å²) in [6, 6.07) is 4.62. The number of pyridine rings is 1. The largest absolute Gasteiger partial charge is 0.397 e. The minimum atomic E-state index is -0.425. The highest BCUT2D eigenvalue weighted by molar-refractivity contribution is 5.42. The molecule has 4 heteroatoms. The van der Waals surface area contributed by atoms with Gasteiger partial charge in [-0.3, -0.25) is 9.36 Å². The van der Waals surface area contributed by atoms with Gasteiger partial charge in [-0.05, 0) is 19.4 Å². The number of rotatable bonds is 2. The SMILES string of the molecule is CCC(C#N)n1c(C)c(N)ccc1=O. The zero-order valence-corrected chi connectivity index (χ0v) is 8.32. The molecule has 2 N–H and O–H groups in total. The fraction of sp³-hybridized carbons (Fsp3) is 0.400. The Labute approximate surface area is 82.6 Å². The van der Waals surface area contributed by atoms with Crippen molar-refractivity contribution in [1.82, 2.24) is 4.57 Å². The van der Waals surface area contributed by atoms with Gasteiger partial charge < -0.3 is 5.73 Å². The Morgan fingerprint density at radius 2 is 2.29 bits per heavy atom. The van der Waals surface area contributed by atoms with Crippen molar-refractivity contribution in [3.63, 3.8) is 0 Å². The van der Waals surface area contributed by atoms with Crippen molar-refractivity contribution in [1.29, 1.82) is 5.26 Å². The lowest BCUT2D eigenvalue weighted by atomic mass is 10.2. The summed E-state index contributed by atoms with van der Waals surface area (Å²) in [6.07, 6.45) is 0.598. The monoisotopic (exact) mass is 191 g/mol. The first kappa shape index (κ1) is 10.3. The van der Waals surface area contributed by atoms with Crippen molar-refractivity contribution in [2.75, 3.05) is 5.73 Å². The smallest absolute Gasteiger partial charge is 0.251 e. The average molecular weight is 191 g/mol. The van der Waals surface area contributed by atoms with E-state index < -0.39 is 6.04 Å². The Bertz CT molecular complexity index is 428. The number of nitrogen functional groups attached to an aromatic ring is 1. The van der Waals surface area contributed by atoms with E-state index in [1.165, 1.54) is 10.6 Å². The first-order valence-corrected chi connectivity index (χ1v) is 4.49. The molecule has 0 saturated heterocycles. The van der Waals surface area contributed by atoms with E-state index in [4.69, 9.17) is 11.0 Å². The van der Waals surface area contributed by atoms with Gasteiger partial charge in [0.25, 0.3) is 5.56 Å². The van der Waals surface area contributed by atoms with Crippen molar-refractivity contribution in [2.45, 2.75) is 26.3 Å². The second kappa shape index (κ2) is 3.97. The summed E-state index contributed by atoms with van der Waals surface area (Å²) in [5, 5.41) is 8.87. The lowest BCUT2D eigenvalue weighted by molar-refractivity contribution is 0.564. The Morgan fingerprint density at radius 3 is 2.79 bits per heavy atom. The third-order valence-corrected chi connectivity index (χ3v) is 2.27. The third kappa shape index (κ3) is 1.62. The van der Waals surface area contributed by atoms with Gasteiger partial charge in [-0.2, -0.15) is 5.26 Å². The molecule has 1 aromatic rings. The van der Waals surface area contributed by atoms with Gasteiger partial charge in [0, 0.05) is 11.8 Å². The lowest BCUT2D eigenvalue weighted by Gasteiger charge is -2.15. The maximum Gasteiger partial charge on any atom is 0.251 e. The summed E-state index contributed by atoms with van der Waals surface area (Å²) >= 11 is 0.